The second-order valence-corrected chi connectivity index (χ2v) is 5.21. The monoisotopic (exact) mass is 281 g/mol. The van der Waals surface area contributed by atoms with Gasteiger partial charge in [0.1, 0.15) is 0 Å². The van der Waals surface area contributed by atoms with Crippen LogP contribution in [0.3, 0.4) is 0 Å². The van der Waals surface area contributed by atoms with Crippen molar-refractivity contribution in [1.82, 2.24) is 4.90 Å². The molecule has 0 aromatic heterocycles. The van der Waals surface area contributed by atoms with E-state index in [4.69, 9.17) is 9.47 Å². The molecule has 1 aliphatic rings. The van der Waals surface area contributed by atoms with Crippen molar-refractivity contribution >= 4 is 0 Å². The van der Waals surface area contributed by atoms with Gasteiger partial charge in [0.15, 0.2) is 11.5 Å². The third-order valence-corrected chi connectivity index (χ3v) is 4.09. The lowest BCUT2D eigenvalue weighted by atomic mass is 9.85. The van der Waals surface area contributed by atoms with Gasteiger partial charge in [0.05, 0.1) is 14.2 Å². The second kappa shape index (κ2) is 6.43. The van der Waals surface area contributed by atoms with Gasteiger partial charge >= 0.3 is 0 Å². The summed E-state index contributed by atoms with van der Waals surface area (Å²) in [4.78, 5) is 2.17. The predicted molar refractivity (Wildman–Crippen MR) is 76.3 cm³/mol. The summed E-state index contributed by atoms with van der Waals surface area (Å²) in [5.41, 5.74) is 2.29. The molecule has 0 saturated heterocycles. The maximum absolute atomic E-state index is 9.51. The normalized spacial score (nSPS) is 19.0. The Morgan fingerprint density at radius 3 is 2.35 bits per heavy atom. The van der Waals surface area contributed by atoms with Crippen LogP contribution in [0.4, 0.5) is 0 Å². The Kier molecular flexibility index (Phi) is 4.86. The number of methoxy groups -OCH3 is 2. The highest BCUT2D eigenvalue weighted by atomic mass is 16.5. The van der Waals surface area contributed by atoms with Crippen molar-refractivity contribution in [3.8, 4) is 11.5 Å². The highest BCUT2D eigenvalue weighted by Crippen LogP contribution is 2.40. The van der Waals surface area contributed by atoms with E-state index in [0.29, 0.717) is 5.75 Å². The Bertz CT molecular complexity index is 459. The minimum Gasteiger partial charge on any atom is -0.493 e. The summed E-state index contributed by atoms with van der Waals surface area (Å²) >= 11 is 0. The first kappa shape index (κ1) is 15.1. The van der Waals surface area contributed by atoms with Crippen molar-refractivity contribution in [2.24, 2.45) is 5.92 Å². The summed E-state index contributed by atoms with van der Waals surface area (Å²) < 4.78 is 10.7. The molecule has 0 spiro atoms. The number of ether oxygens (including phenoxy) is 2. The van der Waals surface area contributed by atoms with Crippen molar-refractivity contribution in [3.05, 3.63) is 23.3 Å². The Morgan fingerprint density at radius 2 is 1.80 bits per heavy atom. The summed E-state index contributed by atoms with van der Waals surface area (Å²) in [6.07, 6.45) is 0.923. The first-order valence-electron chi connectivity index (χ1n) is 6.83. The molecule has 0 aliphatic carbocycles. The molecular formula is C15H23NO4. The predicted octanol–water partition coefficient (Wildman–Crippen LogP) is 0.834. The van der Waals surface area contributed by atoms with Crippen LogP contribution in [0, 0.1) is 5.92 Å². The molecule has 1 aromatic carbocycles. The molecule has 1 aliphatic heterocycles. The van der Waals surface area contributed by atoms with Gasteiger partial charge in [-0.1, -0.05) is 0 Å². The second-order valence-electron chi connectivity index (χ2n) is 5.21. The summed E-state index contributed by atoms with van der Waals surface area (Å²) in [6, 6.07) is 3.96. The number of aliphatic hydroxyl groups excluding tert-OH is 2. The van der Waals surface area contributed by atoms with Crippen LogP contribution < -0.4 is 9.47 Å². The van der Waals surface area contributed by atoms with Crippen LogP contribution in [0.5, 0.6) is 11.5 Å². The maximum Gasteiger partial charge on any atom is 0.161 e. The Balaban J connectivity index is 2.48. The molecule has 112 valence electrons. The molecule has 1 aromatic rings. The van der Waals surface area contributed by atoms with Crippen molar-refractivity contribution in [1.29, 1.82) is 0 Å². The van der Waals surface area contributed by atoms with Crippen LogP contribution in [0.2, 0.25) is 0 Å². The molecule has 2 N–H and O–H groups in total. The largest absolute Gasteiger partial charge is 0.493 e. The van der Waals surface area contributed by atoms with E-state index < -0.39 is 0 Å². The van der Waals surface area contributed by atoms with E-state index in [-0.39, 0.29) is 25.2 Å². The number of rotatable bonds is 5. The highest BCUT2D eigenvalue weighted by molar-refractivity contribution is 5.49. The molecule has 20 heavy (non-hydrogen) atoms. The SMILES string of the molecule is COc1cc2c(cc1OC)C(C(CO)CO)N(C)CC2. The van der Waals surface area contributed by atoms with Crippen LogP contribution >= 0.6 is 0 Å². The van der Waals surface area contributed by atoms with Gasteiger partial charge in [-0.3, -0.25) is 4.90 Å². The van der Waals surface area contributed by atoms with Gasteiger partial charge in [0, 0.05) is 31.7 Å². The van der Waals surface area contributed by atoms with Gasteiger partial charge in [-0.2, -0.15) is 0 Å². The highest BCUT2D eigenvalue weighted by Gasteiger charge is 2.32. The number of likely N-dealkylation sites (N-methyl/N-ethyl adjacent to an activating group) is 1. The molecule has 2 rings (SSSR count). The lowest BCUT2D eigenvalue weighted by molar-refractivity contribution is 0.0644. The van der Waals surface area contributed by atoms with Crippen LogP contribution in [-0.2, 0) is 6.42 Å². The van der Waals surface area contributed by atoms with Gasteiger partial charge in [-0.05, 0) is 36.7 Å². The zero-order valence-electron chi connectivity index (χ0n) is 12.3. The number of fused-ring (bicyclic) bond motifs is 1. The summed E-state index contributed by atoms with van der Waals surface area (Å²) in [7, 11) is 5.25. The number of hydrogen-bond acceptors (Lipinski definition) is 5. The van der Waals surface area contributed by atoms with Crippen molar-refractivity contribution < 1.29 is 19.7 Å². The third kappa shape index (κ3) is 2.61. The number of nitrogens with zero attached hydrogens (tertiary/aromatic N) is 1. The lowest BCUT2D eigenvalue weighted by Crippen LogP contribution is -2.39. The van der Waals surface area contributed by atoms with E-state index >= 15 is 0 Å². The Hall–Kier alpha value is -1.30. The first-order chi connectivity index (χ1) is 9.65. The smallest absolute Gasteiger partial charge is 0.161 e. The van der Waals surface area contributed by atoms with Crippen molar-refractivity contribution in [2.75, 3.05) is 41.0 Å². The third-order valence-electron chi connectivity index (χ3n) is 4.09. The molecule has 0 radical (unpaired) electrons. The Morgan fingerprint density at radius 1 is 1.20 bits per heavy atom. The minimum atomic E-state index is -0.197. The van der Waals surface area contributed by atoms with Gasteiger partial charge in [-0.25, -0.2) is 0 Å². The number of aliphatic hydroxyl groups is 2. The van der Waals surface area contributed by atoms with E-state index in [1.54, 1.807) is 14.2 Å². The molecular weight excluding hydrogens is 258 g/mol. The average Bonchev–Trinajstić information content (AvgIpc) is 2.49. The molecule has 0 saturated carbocycles. The minimum absolute atomic E-state index is 0.00597. The molecule has 0 fully saturated rings. The van der Waals surface area contributed by atoms with Gasteiger partial charge < -0.3 is 19.7 Å². The topological polar surface area (TPSA) is 62.2 Å². The zero-order valence-corrected chi connectivity index (χ0v) is 12.3. The van der Waals surface area contributed by atoms with E-state index in [1.165, 1.54) is 5.56 Å². The fourth-order valence-corrected chi connectivity index (χ4v) is 2.97. The maximum atomic E-state index is 9.51. The quantitative estimate of drug-likeness (QED) is 0.837. The van der Waals surface area contributed by atoms with Crippen LogP contribution in [0.15, 0.2) is 12.1 Å². The van der Waals surface area contributed by atoms with Gasteiger partial charge in [-0.15, -0.1) is 0 Å². The summed E-state index contributed by atoms with van der Waals surface area (Å²) in [5.74, 6) is 1.21. The summed E-state index contributed by atoms with van der Waals surface area (Å²) in [6.45, 7) is 0.808. The molecule has 1 unspecified atom stereocenters. The average molecular weight is 281 g/mol. The standard InChI is InChI=1S/C15H23NO4/c1-16-5-4-10-6-13(19-2)14(20-3)7-12(10)15(16)11(8-17)9-18/h6-7,11,15,17-18H,4-5,8-9H2,1-3H3. The van der Waals surface area contributed by atoms with Crippen LogP contribution in [0.1, 0.15) is 17.2 Å². The van der Waals surface area contributed by atoms with Gasteiger partial charge in [0.2, 0.25) is 0 Å². The number of hydrogen-bond donors (Lipinski definition) is 2. The van der Waals surface area contributed by atoms with Crippen molar-refractivity contribution in [2.45, 2.75) is 12.5 Å². The first-order valence-corrected chi connectivity index (χ1v) is 6.83. The molecule has 5 heteroatoms. The van der Waals surface area contributed by atoms with Crippen LogP contribution in [0.25, 0.3) is 0 Å². The molecule has 5 nitrogen and oxygen atoms in total. The van der Waals surface area contributed by atoms with Crippen LogP contribution in [-0.4, -0.2) is 56.1 Å². The van der Waals surface area contributed by atoms with E-state index in [1.807, 2.05) is 19.2 Å². The van der Waals surface area contributed by atoms with Gasteiger partial charge in [0.25, 0.3) is 0 Å². The molecule has 1 atom stereocenters. The zero-order chi connectivity index (χ0) is 14.7. The Labute approximate surface area is 119 Å². The lowest BCUT2D eigenvalue weighted by Gasteiger charge is -2.38. The molecule has 0 amide bonds. The van der Waals surface area contributed by atoms with E-state index in [9.17, 15) is 10.2 Å². The van der Waals surface area contributed by atoms with E-state index in [2.05, 4.69) is 4.90 Å². The molecule has 1 heterocycles. The van der Waals surface area contributed by atoms with E-state index in [0.717, 1.165) is 24.3 Å². The fraction of sp³-hybridized carbons (Fsp3) is 0.600. The fourth-order valence-electron chi connectivity index (χ4n) is 2.97. The summed E-state index contributed by atoms with van der Waals surface area (Å²) in [5, 5.41) is 19.0. The number of benzene rings is 1. The molecule has 0 bridgehead atoms. The van der Waals surface area contributed by atoms with Crippen molar-refractivity contribution in [3.63, 3.8) is 0 Å².